The summed E-state index contributed by atoms with van der Waals surface area (Å²) in [6, 6.07) is 7.25. The number of esters is 1. The zero-order valence-corrected chi connectivity index (χ0v) is 14.9. The van der Waals surface area contributed by atoms with Crippen LogP contribution in [0.15, 0.2) is 41.9 Å². The molecule has 1 aliphatic heterocycles. The van der Waals surface area contributed by atoms with Gasteiger partial charge in [-0.3, -0.25) is 0 Å². The lowest BCUT2D eigenvalue weighted by molar-refractivity contribution is -0.144. The average Bonchev–Trinajstić information content (AvgIpc) is 3.32. The van der Waals surface area contributed by atoms with Crippen LogP contribution in [-0.2, 0) is 9.53 Å². The number of ether oxygens (including phenoxy) is 2. The molecule has 1 aromatic carbocycles. The molecular weight excluding hydrogens is 332 g/mol. The van der Waals surface area contributed by atoms with Crippen molar-refractivity contribution >= 4 is 11.9 Å². The van der Waals surface area contributed by atoms with Crippen molar-refractivity contribution in [3.05, 3.63) is 47.4 Å². The Bertz CT molecular complexity index is 852. The minimum Gasteiger partial charge on any atom is -0.497 e. The SMILES string of the molecule is COc1cccc(C2C(C(=O)OC3CCCC3)=C(C)Nc3ncnn32)c1. The molecule has 7 heteroatoms. The van der Waals surface area contributed by atoms with Gasteiger partial charge in [0, 0.05) is 5.70 Å². The molecule has 7 nitrogen and oxygen atoms in total. The van der Waals surface area contributed by atoms with Gasteiger partial charge >= 0.3 is 5.97 Å². The molecule has 1 atom stereocenters. The zero-order valence-electron chi connectivity index (χ0n) is 14.9. The van der Waals surface area contributed by atoms with Gasteiger partial charge in [0.1, 0.15) is 24.2 Å². The number of hydrogen-bond donors (Lipinski definition) is 1. The highest BCUT2D eigenvalue weighted by molar-refractivity contribution is 5.92. The van der Waals surface area contributed by atoms with E-state index in [1.807, 2.05) is 31.2 Å². The third kappa shape index (κ3) is 2.94. The number of fused-ring (bicyclic) bond motifs is 1. The van der Waals surface area contributed by atoms with Gasteiger partial charge in [0.25, 0.3) is 0 Å². The molecule has 2 aromatic rings. The standard InChI is InChI=1S/C19H22N4O3/c1-12-16(18(24)26-14-7-3-4-8-14)17(23-19(22-12)20-11-21-23)13-6-5-9-15(10-13)25-2/h5-6,9-11,14,17H,3-4,7-8H2,1-2H3,(H,20,21,22). The predicted molar refractivity (Wildman–Crippen MR) is 95.8 cm³/mol. The number of nitrogens with zero attached hydrogens (tertiary/aromatic N) is 3. The third-order valence-electron chi connectivity index (χ3n) is 5.00. The van der Waals surface area contributed by atoms with Crippen LogP contribution in [0.2, 0.25) is 0 Å². The first-order chi connectivity index (χ1) is 12.7. The molecule has 0 spiro atoms. The molecule has 0 saturated heterocycles. The summed E-state index contributed by atoms with van der Waals surface area (Å²) in [7, 11) is 1.62. The van der Waals surface area contributed by atoms with E-state index in [4.69, 9.17) is 9.47 Å². The van der Waals surface area contributed by atoms with Crippen LogP contribution in [0.1, 0.15) is 44.2 Å². The van der Waals surface area contributed by atoms with E-state index in [0.717, 1.165) is 42.7 Å². The van der Waals surface area contributed by atoms with Gasteiger partial charge in [-0.2, -0.15) is 10.1 Å². The van der Waals surface area contributed by atoms with E-state index >= 15 is 0 Å². The maximum absolute atomic E-state index is 13.0. The van der Waals surface area contributed by atoms with Crippen LogP contribution in [0.25, 0.3) is 0 Å². The fourth-order valence-corrected chi connectivity index (χ4v) is 3.70. The molecule has 0 radical (unpaired) electrons. The maximum Gasteiger partial charge on any atom is 0.338 e. The van der Waals surface area contributed by atoms with E-state index in [1.165, 1.54) is 6.33 Å². The summed E-state index contributed by atoms with van der Waals surface area (Å²) >= 11 is 0. The summed E-state index contributed by atoms with van der Waals surface area (Å²) in [5.41, 5.74) is 2.19. The van der Waals surface area contributed by atoms with E-state index < -0.39 is 6.04 Å². The van der Waals surface area contributed by atoms with Crippen LogP contribution in [0.3, 0.4) is 0 Å². The number of benzene rings is 1. The molecule has 4 rings (SSSR count). The van der Waals surface area contributed by atoms with Crippen molar-refractivity contribution in [3.8, 4) is 5.75 Å². The van der Waals surface area contributed by atoms with Crippen molar-refractivity contribution in [3.63, 3.8) is 0 Å². The van der Waals surface area contributed by atoms with Crippen molar-refractivity contribution < 1.29 is 14.3 Å². The van der Waals surface area contributed by atoms with Crippen molar-refractivity contribution in [1.29, 1.82) is 0 Å². The second-order valence-electron chi connectivity index (χ2n) is 6.68. The lowest BCUT2D eigenvalue weighted by Crippen LogP contribution is -2.31. The third-order valence-corrected chi connectivity index (χ3v) is 5.00. The molecular formula is C19H22N4O3. The Balaban J connectivity index is 1.74. The number of nitrogens with one attached hydrogen (secondary N) is 1. The first kappa shape index (κ1) is 16.6. The van der Waals surface area contributed by atoms with Crippen LogP contribution in [0.4, 0.5) is 5.95 Å². The molecule has 136 valence electrons. The van der Waals surface area contributed by atoms with Gasteiger partial charge in [-0.15, -0.1) is 0 Å². The maximum atomic E-state index is 13.0. The summed E-state index contributed by atoms with van der Waals surface area (Å²) in [6.45, 7) is 1.87. The number of hydrogen-bond acceptors (Lipinski definition) is 6. The van der Waals surface area contributed by atoms with Gasteiger partial charge in [-0.25, -0.2) is 9.48 Å². The number of carbonyl (C=O) groups excluding carboxylic acids is 1. The van der Waals surface area contributed by atoms with Gasteiger partial charge in [0.05, 0.1) is 12.7 Å². The smallest absolute Gasteiger partial charge is 0.338 e. The molecule has 1 unspecified atom stereocenters. The summed E-state index contributed by atoms with van der Waals surface area (Å²) in [5.74, 6) is 1.03. The number of carbonyl (C=O) groups is 1. The van der Waals surface area contributed by atoms with E-state index in [1.54, 1.807) is 11.8 Å². The Kier molecular flexibility index (Phi) is 4.36. The molecule has 1 N–H and O–H groups in total. The molecule has 26 heavy (non-hydrogen) atoms. The Labute approximate surface area is 152 Å². The Hall–Kier alpha value is -2.83. The summed E-state index contributed by atoms with van der Waals surface area (Å²) < 4.78 is 12.9. The minimum atomic E-state index is -0.405. The van der Waals surface area contributed by atoms with E-state index in [0.29, 0.717) is 11.5 Å². The molecule has 1 fully saturated rings. The van der Waals surface area contributed by atoms with Gasteiger partial charge in [-0.1, -0.05) is 12.1 Å². The number of anilines is 1. The van der Waals surface area contributed by atoms with Crippen LogP contribution < -0.4 is 10.1 Å². The number of methoxy groups -OCH3 is 1. The van der Waals surface area contributed by atoms with E-state index in [2.05, 4.69) is 15.4 Å². The highest BCUT2D eigenvalue weighted by Gasteiger charge is 2.35. The minimum absolute atomic E-state index is 0.00547. The van der Waals surface area contributed by atoms with E-state index in [-0.39, 0.29) is 12.1 Å². The molecule has 2 heterocycles. The van der Waals surface area contributed by atoms with Crippen LogP contribution in [0, 0.1) is 0 Å². The van der Waals surface area contributed by atoms with Crippen molar-refractivity contribution in [1.82, 2.24) is 14.8 Å². The van der Waals surface area contributed by atoms with Crippen molar-refractivity contribution in [2.24, 2.45) is 0 Å². The molecule has 1 aromatic heterocycles. The van der Waals surface area contributed by atoms with Gasteiger partial charge in [-0.05, 0) is 50.3 Å². The first-order valence-electron chi connectivity index (χ1n) is 8.89. The number of rotatable bonds is 4. The topological polar surface area (TPSA) is 78.3 Å². The summed E-state index contributed by atoms with van der Waals surface area (Å²) in [5, 5.41) is 7.49. The Morgan fingerprint density at radius 2 is 2.12 bits per heavy atom. The molecule has 0 amide bonds. The lowest BCUT2D eigenvalue weighted by Gasteiger charge is -2.29. The van der Waals surface area contributed by atoms with Gasteiger partial charge in [0.15, 0.2) is 0 Å². The molecule has 1 saturated carbocycles. The second-order valence-corrected chi connectivity index (χ2v) is 6.68. The Morgan fingerprint density at radius 3 is 2.88 bits per heavy atom. The first-order valence-corrected chi connectivity index (χ1v) is 8.89. The lowest BCUT2D eigenvalue weighted by atomic mass is 9.95. The molecule has 2 aliphatic rings. The number of aromatic nitrogens is 3. The average molecular weight is 354 g/mol. The fourth-order valence-electron chi connectivity index (χ4n) is 3.70. The predicted octanol–water partition coefficient (Wildman–Crippen LogP) is 3.06. The molecule has 1 aliphatic carbocycles. The second kappa shape index (κ2) is 6.82. The highest BCUT2D eigenvalue weighted by atomic mass is 16.5. The van der Waals surface area contributed by atoms with Crippen molar-refractivity contribution in [2.45, 2.75) is 44.8 Å². The van der Waals surface area contributed by atoms with Crippen LogP contribution >= 0.6 is 0 Å². The monoisotopic (exact) mass is 354 g/mol. The highest BCUT2D eigenvalue weighted by Crippen LogP contribution is 2.37. The number of allylic oxidation sites excluding steroid dienone is 1. The van der Waals surface area contributed by atoms with E-state index in [9.17, 15) is 4.79 Å². The van der Waals surface area contributed by atoms with Crippen LogP contribution in [-0.4, -0.2) is 33.9 Å². The summed E-state index contributed by atoms with van der Waals surface area (Å²) in [6.07, 6.45) is 5.58. The Morgan fingerprint density at radius 1 is 1.31 bits per heavy atom. The van der Waals surface area contributed by atoms with Gasteiger partial charge < -0.3 is 14.8 Å². The van der Waals surface area contributed by atoms with Crippen LogP contribution in [0.5, 0.6) is 5.75 Å². The summed E-state index contributed by atoms with van der Waals surface area (Å²) in [4.78, 5) is 17.3. The quantitative estimate of drug-likeness (QED) is 0.850. The van der Waals surface area contributed by atoms with Crippen molar-refractivity contribution in [2.75, 3.05) is 12.4 Å². The largest absolute Gasteiger partial charge is 0.497 e. The molecule has 0 bridgehead atoms. The van der Waals surface area contributed by atoms with Gasteiger partial charge in [0.2, 0.25) is 5.95 Å². The zero-order chi connectivity index (χ0) is 18.1. The normalized spacial score (nSPS) is 19.8. The fraction of sp³-hybridized carbons (Fsp3) is 0.421.